The number of hydrogen-bond acceptors (Lipinski definition) is 6. The van der Waals surface area contributed by atoms with Gasteiger partial charge >= 0.3 is 0 Å². The normalized spacial score (nSPS) is 16.4. The first kappa shape index (κ1) is 20.6. The molecule has 0 saturated carbocycles. The molecule has 9 heteroatoms. The van der Waals surface area contributed by atoms with Crippen LogP contribution in [0.5, 0.6) is 0 Å². The highest BCUT2D eigenvalue weighted by molar-refractivity contribution is 5.83. The number of nitrogens with one attached hydrogen (secondary N) is 1. The van der Waals surface area contributed by atoms with Gasteiger partial charge in [-0.3, -0.25) is 14.6 Å². The largest absolute Gasteiger partial charge is 0.355 e. The Morgan fingerprint density at radius 2 is 2.19 bits per heavy atom. The van der Waals surface area contributed by atoms with E-state index in [0.29, 0.717) is 56.2 Å². The number of nitrogens with zero attached hydrogens (tertiary/aromatic N) is 4. The molecular formula is C22H22FN5O3. The summed E-state index contributed by atoms with van der Waals surface area (Å²) in [5.41, 5.74) is 1.46. The summed E-state index contributed by atoms with van der Waals surface area (Å²) in [5, 5.41) is 6.81. The summed E-state index contributed by atoms with van der Waals surface area (Å²) in [7, 11) is 0. The van der Waals surface area contributed by atoms with E-state index in [1.165, 1.54) is 12.1 Å². The predicted molar refractivity (Wildman–Crippen MR) is 109 cm³/mol. The maximum absolute atomic E-state index is 13.4. The van der Waals surface area contributed by atoms with Gasteiger partial charge in [-0.25, -0.2) is 4.39 Å². The van der Waals surface area contributed by atoms with Gasteiger partial charge in [0, 0.05) is 50.4 Å². The molecule has 0 radical (unpaired) electrons. The van der Waals surface area contributed by atoms with E-state index in [0.717, 1.165) is 5.56 Å². The van der Waals surface area contributed by atoms with E-state index in [9.17, 15) is 14.0 Å². The number of rotatable bonds is 7. The van der Waals surface area contributed by atoms with E-state index in [4.69, 9.17) is 4.52 Å². The first-order chi connectivity index (χ1) is 15.1. The average Bonchev–Trinajstić information content (AvgIpc) is 3.25. The fourth-order valence-electron chi connectivity index (χ4n) is 3.54. The van der Waals surface area contributed by atoms with Crippen molar-refractivity contribution in [2.24, 2.45) is 5.92 Å². The van der Waals surface area contributed by atoms with Crippen LogP contribution in [-0.2, 0) is 22.6 Å². The van der Waals surface area contributed by atoms with Gasteiger partial charge in [0.1, 0.15) is 5.82 Å². The Labute approximate surface area is 178 Å². The van der Waals surface area contributed by atoms with Gasteiger partial charge in [0.25, 0.3) is 0 Å². The molecule has 2 aromatic heterocycles. The van der Waals surface area contributed by atoms with Crippen molar-refractivity contribution >= 4 is 11.8 Å². The molecule has 3 heterocycles. The highest BCUT2D eigenvalue weighted by Crippen LogP contribution is 2.20. The number of benzene rings is 1. The van der Waals surface area contributed by atoms with E-state index >= 15 is 0 Å². The molecule has 0 bridgehead atoms. The minimum absolute atomic E-state index is 0.0258. The van der Waals surface area contributed by atoms with Crippen LogP contribution in [0.1, 0.15) is 24.3 Å². The smallest absolute Gasteiger partial charge is 0.228 e. The Kier molecular flexibility index (Phi) is 6.30. The van der Waals surface area contributed by atoms with Crippen LogP contribution < -0.4 is 5.32 Å². The van der Waals surface area contributed by atoms with Gasteiger partial charge in [0.2, 0.25) is 23.5 Å². The van der Waals surface area contributed by atoms with Gasteiger partial charge in [-0.2, -0.15) is 4.98 Å². The highest BCUT2D eigenvalue weighted by Gasteiger charge is 2.30. The Hall–Kier alpha value is -3.62. The molecule has 0 unspecified atom stereocenters. The predicted octanol–water partition coefficient (Wildman–Crippen LogP) is 2.37. The van der Waals surface area contributed by atoms with E-state index in [1.54, 1.807) is 35.5 Å². The Balaban J connectivity index is 1.27. The van der Waals surface area contributed by atoms with Crippen LogP contribution in [0, 0.1) is 11.7 Å². The number of likely N-dealkylation sites (tertiary alicyclic amines) is 1. The van der Waals surface area contributed by atoms with Crippen LogP contribution in [0.2, 0.25) is 0 Å². The van der Waals surface area contributed by atoms with E-state index in [-0.39, 0.29) is 23.5 Å². The third kappa shape index (κ3) is 5.30. The highest BCUT2D eigenvalue weighted by atomic mass is 19.1. The van der Waals surface area contributed by atoms with Crippen molar-refractivity contribution in [3.8, 4) is 11.4 Å². The van der Waals surface area contributed by atoms with Crippen molar-refractivity contribution in [2.75, 3.05) is 13.1 Å². The lowest BCUT2D eigenvalue weighted by molar-refractivity contribution is -0.138. The molecule has 1 aromatic carbocycles. The second-order valence-electron chi connectivity index (χ2n) is 7.43. The van der Waals surface area contributed by atoms with Gasteiger partial charge in [-0.1, -0.05) is 17.3 Å². The van der Waals surface area contributed by atoms with Crippen molar-refractivity contribution in [3.05, 3.63) is 66.1 Å². The Morgan fingerprint density at radius 3 is 3.00 bits per heavy atom. The van der Waals surface area contributed by atoms with Gasteiger partial charge < -0.3 is 14.7 Å². The van der Waals surface area contributed by atoms with Crippen molar-refractivity contribution in [3.63, 3.8) is 0 Å². The zero-order valence-corrected chi connectivity index (χ0v) is 16.8. The lowest BCUT2D eigenvalue weighted by Gasteiger charge is -2.32. The van der Waals surface area contributed by atoms with Gasteiger partial charge in [-0.05, 0) is 36.2 Å². The number of carbonyl (C=O) groups is 2. The number of piperidine rings is 1. The summed E-state index contributed by atoms with van der Waals surface area (Å²) in [6, 6.07) is 9.77. The summed E-state index contributed by atoms with van der Waals surface area (Å²) in [6.45, 7) is 0.953. The van der Waals surface area contributed by atoms with Crippen LogP contribution in [0.15, 0.2) is 53.3 Å². The van der Waals surface area contributed by atoms with Crippen molar-refractivity contribution in [1.82, 2.24) is 25.3 Å². The van der Waals surface area contributed by atoms with Gasteiger partial charge in [0.15, 0.2) is 0 Å². The van der Waals surface area contributed by atoms with Crippen molar-refractivity contribution < 1.29 is 18.5 Å². The number of amides is 2. The average molecular weight is 423 g/mol. The second-order valence-corrected chi connectivity index (χ2v) is 7.43. The summed E-state index contributed by atoms with van der Waals surface area (Å²) in [5.74, 6) is 0.0774. The van der Waals surface area contributed by atoms with Crippen molar-refractivity contribution in [2.45, 2.75) is 25.8 Å². The van der Waals surface area contributed by atoms with Crippen LogP contribution in [-0.4, -0.2) is 44.9 Å². The third-order valence-electron chi connectivity index (χ3n) is 5.16. The molecule has 8 nitrogen and oxygen atoms in total. The monoisotopic (exact) mass is 423 g/mol. The first-order valence-electron chi connectivity index (χ1n) is 10.1. The summed E-state index contributed by atoms with van der Waals surface area (Å²) in [6.07, 6.45) is 4.51. The molecule has 1 N–H and O–H groups in total. The molecule has 31 heavy (non-hydrogen) atoms. The second kappa shape index (κ2) is 9.46. The number of carbonyl (C=O) groups excluding carboxylic acids is 2. The molecule has 160 valence electrons. The van der Waals surface area contributed by atoms with Crippen molar-refractivity contribution in [1.29, 1.82) is 0 Å². The van der Waals surface area contributed by atoms with Gasteiger partial charge in [-0.15, -0.1) is 0 Å². The number of halogens is 1. The maximum Gasteiger partial charge on any atom is 0.228 e. The summed E-state index contributed by atoms with van der Waals surface area (Å²) < 4.78 is 18.6. The molecule has 1 aliphatic heterocycles. The van der Waals surface area contributed by atoms with E-state index in [2.05, 4.69) is 20.4 Å². The van der Waals surface area contributed by atoms with Crippen LogP contribution in [0.25, 0.3) is 11.4 Å². The van der Waals surface area contributed by atoms with Crippen LogP contribution in [0.4, 0.5) is 4.39 Å². The molecule has 1 saturated heterocycles. The molecule has 0 aliphatic carbocycles. The Morgan fingerprint density at radius 1 is 1.29 bits per heavy atom. The fraction of sp³-hybridized carbons (Fsp3) is 0.318. The maximum atomic E-state index is 13.4. The minimum atomic E-state index is -0.344. The zero-order valence-electron chi connectivity index (χ0n) is 16.8. The topological polar surface area (TPSA) is 101 Å². The molecular weight excluding hydrogens is 401 g/mol. The summed E-state index contributed by atoms with van der Waals surface area (Å²) >= 11 is 0. The first-order valence-corrected chi connectivity index (χ1v) is 10.1. The lowest BCUT2D eigenvalue weighted by atomic mass is 9.96. The van der Waals surface area contributed by atoms with Crippen LogP contribution >= 0.6 is 0 Å². The Bertz CT molecular complexity index is 1060. The molecule has 2 amide bonds. The third-order valence-corrected chi connectivity index (χ3v) is 5.16. The SMILES string of the molecule is O=C(NCCc1nc(-c2cccnc2)no1)[C@@H]1CCC(=O)N(Cc2cccc(F)c2)C1. The van der Waals surface area contributed by atoms with Gasteiger partial charge in [0.05, 0.1) is 5.92 Å². The minimum Gasteiger partial charge on any atom is -0.355 e. The molecule has 4 rings (SSSR count). The standard InChI is InChI=1S/C22H22FN5O3/c23-18-5-1-3-15(11-18)13-28-14-17(6-7-20(28)29)22(30)25-10-8-19-26-21(27-31-19)16-4-2-9-24-12-16/h1-5,9,11-12,17H,6-8,10,13-14H2,(H,25,30)/t17-/m1/s1. The molecule has 1 fully saturated rings. The van der Waals surface area contributed by atoms with Crippen LogP contribution in [0.3, 0.4) is 0 Å². The molecule has 1 atom stereocenters. The zero-order chi connectivity index (χ0) is 21.6. The number of pyridine rings is 1. The summed E-state index contributed by atoms with van der Waals surface area (Å²) in [4.78, 5) is 34.8. The lowest BCUT2D eigenvalue weighted by Crippen LogP contribution is -2.45. The van der Waals surface area contributed by atoms with E-state index < -0.39 is 0 Å². The number of hydrogen-bond donors (Lipinski definition) is 1. The van der Waals surface area contributed by atoms with E-state index in [1.807, 2.05) is 6.07 Å². The quantitative estimate of drug-likeness (QED) is 0.626. The molecule has 1 aliphatic rings. The number of aromatic nitrogens is 3. The fourth-order valence-corrected chi connectivity index (χ4v) is 3.54. The molecule has 0 spiro atoms. The molecule has 3 aromatic rings.